The highest BCUT2D eigenvalue weighted by atomic mass is 32.2. The molecule has 1 aliphatic rings. The number of nitrogens with two attached hydrogens (primary N) is 1. The summed E-state index contributed by atoms with van der Waals surface area (Å²) < 4.78 is 26.9. The Morgan fingerprint density at radius 3 is 2.67 bits per heavy atom. The van der Waals surface area contributed by atoms with E-state index in [1.807, 2.05) is 6.92 Å². The molecule has 0 amide bonds. The summed E-state index contributed by atoms with van der Waals surface area (Å²) in [5.41, 5.74) is 5.43. The maximum Gasteiger partial charge on any atom is 0.271 e. The van der Waals surface area contributed by atoms with Gasteiger partial charge in [-0.15, -0.1) is 0 Å². The van der Waals surface area contributed by atoms with Gasteiger partial charge in [-0.25, -0.2) is 8.42 Å². The second-order valence-electron chi connectivity index (χ2n) is 5.29. The van der Waals surface area contributed by atoms with Crippen LogP contribution >= 0.6 is 0 Å². The van der Waals surface area contributed by atoms with Crippen LogP contribution < -0.4 is 5.73 Å². The van der Waals surface area contributed by atoms with E-state index in [-0.39, 0.29) is 22.3 Å². The molecule has 8 heteroatoms. The number of nitrogen functional groups attached to an aromatic ring is 1. The van der Waals surface area contributed by atoms with Gasteiger partial charge in [0, 0.05) is 24.7 Å². The van der Waals surface area contributed by atoms with Crippen molar-refractivity contribution in [2.75, 3.05) is 12.3 Å². The Bertz CT molecular complexity index is 645. The van der Waals surface area contributed by atoms with Crippen LogP contribution in [0.3, 0.4) is 0 Å². The number of rotatable bonds is 3. The lowest BCUT2D eigenvalue weighted by molar-refractivity contribution is -0.384. The van der Waals surface area contributed by atoms with Gasteiger partial charge in [0.15, 0.2) is 0 Å². The molecule has 0 aliphatic carbocycles. The predicted molar refractivity (Wildman–Crippen MR) is 79.3 cm³/mol. The fraction of sp³-hybridized carbons (Fsp3) is 0.538. The summed E-state index contributed by atoms with van der Waals surface area (Å²) in [6, 6.07) is 3.40. The smallest absolute Gasteiger partial charge is 0.271 e. The third-order valence-corrected chi connectivity index (χ3v) is 5.87. The van der Waals surface area contributed by atoms with Gasteiger partial charge in [-0.1, -0.05) is 12.8 Å². The molecule has 7 nitrogen and oxygen atoms in total. The molecule has 1 aromatic rings. The van der Waals surface area contributed by atoms with Gasteiger partial charge in [-0.3, -0.25) is 10.1 Å². The molecule has 1 atom stereocenters. The number of sulfonamides is 1. The molecule has 0 bridgehead atoms. The molecule has 0 radical (unpaired) electrons. The molecule has 21 heavy (non-hydrogen) atoms. The number of non-ortho nitro benzene ring substituents is 1. The lowest BCUT2D eigenvalue weighted by Crippen LogP contribution is -2.38. The van der Waals surface area contributed by atoms with Gasteiger partial charge in [-0.05, 0) is 25.8 Å². The van der Waals surface area contributed by atoms with Crippen LogP contribution in [0.15, 0.2) is 23.1 Å². The van der Waals surface area contributed by atoms with Crippen LogP contribution in [0.5, 0.6) is 0 Å². The Morgan fingerprint density at radius 2 is 2.05 bits per heavy atom. The third kappa shape index (κ3) is 3.16. The van der Waals surface area contributed by atoms with Gasteiger partial charge in [-0.2, -0.15) is 4.31 Å². The van der Waals surface area contributed by atoms with Crippen molar-refractivity contribution in [1.82, 2.24) is 4.31 Å². The molecular formula is C13H19N3O4S. The average molecular weight is 313 g/mol. The minimum Gasteiger partial charge on any atom is -0.397 e. The van der Waals surface area contributed by atoms with Crippen LogP contribution in [-0.2, 0) is 10.0 Å². The Hall–Kier alpha value is -1.67. The second-order valence-corrected chi connectivity index (χ2v) is 7.15. The van der Waals surface area contributed by atoms with Gasteiger partial charge in [0.05, 0.1) is 10.6 Å². The van der Waals surface area contributed by atoms with E-state index in [4.69, 9.17) is 5.73 Å². The quantitative estimate of drug-likeness (QED) is 0.522. The van der Waals surface area contributed by atoms with Gasteiger partial charge in [0.1, 0.15) is 4.90 Å². The number of benzene rings is 1. The largest absolute Gasteiger partial charge is 0.397 e. The van der Waals surface area contributed by atoms with Crippen LogP contribution in [0.2, 0.25) is 0 Å². The van der Waals surface area contributed by atoms with Crippen molar-refractivity contribution in [3.8, 4) is 0 Å². The van der Waals surface area contributed by atoms with Crippen molar-refractivity contribution in [2.45, 2.75) is 43.5 Å². The number of nitrogens with zero attached hydrogens (tertiary/aromatic N) is 2. The van der Waals surface area contributed by atoms with Gasteiger partial charge in [0.2, 0.25) is 10.0 Å². The summed E-state index contributed by atoms with van der Waals surface area (Å²) >= 11 is 0. The van der Waals surface area contributed by atoms with Gasteiger partial charge < -0.3 is 5.73 Å². The number of nitro groups is 1. The summed E-state index contributed by atoms with van der Waals surface area (Å²) in [7, 11) is -3.72. The van der Waals surface area contributed by atoms with E-state index < -0.39 is 14.9 Å². The predicted octanol–water partition coefficient (Wildman–Crippen LogP) is 2.13. The molecule has 1 aliphatic heterocycles. The van der Waals surface area contributed by atoms with Crippen molar-refractivity contribution in [3.05, 3.63) is 28.3 Å². The van der Waals surface area contributed by atoms with Crippen molar-refractivity contribution in [3.63, 3.8) is 0 Å². The van der Waals surface area contributed by atoms with Crippen LogP contribution in [0.1, 0.15) is 32.6 Å². The average Bonchev–Trinajstić information content (AvgIpc) is 2.63. The van der Waals surface area contributed by atoms with Crippen LogP contribution in [0, 0.1) is 10.1 Å². The van der Waals surface area contributed by atoms with E-state index >= 15 is 0 Å². The molecule has 0 saturated carbocycles. The first-order valence-corrected chi connectivity index (χ1v) is 8.34. The highest BCUT2D eigenvalue weighted by molar-refractivity contribution is 7.89. The van der Waals surface area contributed by atoms with Crippen molar-refractivity contribution in [2.24, 2.45) is 0 Å². The Kier molecular flexibility index (Phi) is 4.48. The maximum absolute atomic E-state index is 12.7. The summed E-state index contributed by atoms with van der Waals surface area (Å²) in [5, 5.41) is 10.7. The first kappa shape index (κ1) is 15.7. The van der Waals surface area contributed by atoms with Gasteiger partial charge in [0.25, 0.3) is 5.69 Å². The van der Waals surface area contributed by atoms with Crippen LogP contribution in [0.4, 0.5) is 11.4 Å². The topological polar surface area (TPSA) is 107 Å². The second kappa shape index (κ2) is 5.98. The number of anilines is 1. The number of nitro benzene ring substituents is 1. The first-order chi connectivity index (χ1) is 9.84. The maximum atomic E-state index is 12.7. The monoisotopic (exact) mass is 313 g/mol. The Morgan fingerprint density at radius 1 is 1.33 bits per heavy atom. The first-order valence-electron chi connectivity index (χ1n) is 6.90. The lowest BCUT2D eigenvalue weighted by atomic mass is 10.1. The number of hydrogen-bond donors (Lipinski definition) is 1. The van der Waals surface area contributed by atoms with Crippen molar-refractivity contribution >= 4 is 21.4 Å². The van der Waals surface area contributed by atoms with Gasteiger partial charge >= 0.3 is 0 Å². The Labute approximate surface area is 123 Å². The summed E-state index contributed by atoms with van der Waals surface area (Å²) in [5.74, 6) is 0. The molecule has 0 aromatic heterocycles. The molecule has 2 rings (SSSR count). The van der Waals surface area contributed by atoms with E-state index in [1.165, 1.54) is 16.4 Å². The standard InChI is InChI=1S/C13H19N3O4S/c1-10-5-3-2-4-8-15(10)21(19,20)13-7-6-11(16(17)18)9-12(13)14/h6-7,9-10H,2-5,8,14H2,1H3. The minimum atomic E-state index is -3.72. The van der Waals surface area contributed by atoms with Crippen LogP contribution in [0.25, 0.3) is 0 Å². The van der Waals surface area contributed by atoms with E-state index in [1.54, 1.807) is 0 Å². The molecule has 0 spiro atoms. The zero-order chi connectivity index (χ0) is 15.6. The third-order valence-electron chi connectivity index (χ3n) is 3.78. The molecule has 1 fully saturated rings. The van der Waals surface area contributed by atoms with Crippen molar-refractivity contribution in [1.29, 1.82) is 0 Å². The van der Waals surface area contributed by atoms with E-state index in [2.05, 4.69) is 0 Å². The molecule has 2 N–H and O–H groups in total. The molecule has 1 unspecified atom stereocenters. The van der Waals surface area contributed by atoms with E-state index in [9.17, 15) is 18.5 Å². The van der Waals surface area contributed by atoms with E-state index in [0.717, 1.165) is 31.7 Å². The molecule has 1 saturated heterocycles. The fourth-order valence-corrected chi connectivity index (χ4v) is 4.41. The summed E-state index contributed by atoms with van der Waals surface area (Å²) in [6.07, 6.45) is 3.64. The summed E-state index contributed by atoms with van der Waals surface area (Å²) in [4.78, 5) is 10.1. The SMILES string of the molecule is CC1CCCCCN1S(=O)(=O)c1ccc([N+](=O)[O-])cc1N. The summed E-state index contributed by atoms with van der Waals surface area (Å²) in [6.45, 7) is 2.34. The Balaban J connectivity index is 2.41. The van der Waals surface area contributed by atoms with E-state index in [0.29, 0.717) is 6.54 Å². The normalized spacial score (nSPS) is 20.9. The highest BCUT2D eigenvalue weighted by Gasteiger charge is 2.31. The zero-order valence-electron chi connectivity index (χ0n) is 11.9. The fourth-order valence-electron chi connectivity index (χ4n) is 2.62. The van der Waals surface area contributed by atoms with Crippen molar-refractivity contribution < 1.29 is 13.3 Å². The lowest BCUT2D eigenvalue weighted by Gasteiger charge is -2.26. The van der Waals surface area contributed by atoms with Crippen LogP contribution in [-0.4, -0.2) is 30.2 Å². The minimum absolute atomic E-state index is 0.0538. The highest BCUT2D eigenvalue weighted by Crippen LogP contribution is 2.29. The molecular weight excluding hydrogens is 294 g/mol. The zero-order valence-corrected chi connectivity index (χ0v) is 12.7. The molecule has 1 aromatic carbocycles. The molecule has 1 heterocycles. The molecule has 116 valence electrons. The number of hydrogen-bond acceptors (Lipinski definition) is 5.